The fourth-order valence-electron chi connectivity index (χ4n) is 1.36. The monoisotopic (exact) mass is 338 g/mol. The number of benzene rings is 1. The van der Waals surface area contributed by atoms with Crippen molar-refractivity contribution in [2.24, 2.45) is 0 Å². The van der Waals surface area contributed by atoms with Crippen LogP contribution in [0.2, 0.25) is 0 Å². The van der Waals surface area contributed by atoms with Gasteiger partial charge in [-0.15, -0.1) is 11.3 Å². The molecule has 4 nitrogen and oxygen atoms in total. The number of thiophene rings is 1. The van der Waals surface area contributed by atoms with Crippen LogP contribution in [0.4, 0.5) is 0 Å². The number of amides is 1. The van der Waals surface area contributed by atoms with Crippen LogP contribution < -0.4 is 10.9 Å². The van der Waals surface area contributed by atoms with Crippen molar-refractivity contribution in [2.75, 3.05) is 0 Å². The first kappa shape index (κ1) is 13.6. The van der Waals surface area contributed by atoms with E-state index in [9.17, 15) is 4.79 Å². The summed E-state index contributed by atoms with van der Waals surface area (Å²) in [5.74, 6) is -0.172. The summed E-state index contributed by atoms with van der Waals surface area (Å²) in [5, 5.41) is 9.14. The van der Waals surface area contributed by atoms with Gasteiger partial charge in [0.15, 0.2) is 0 Å². The van der Waals surface area contributed by atoms with E-state index in [1.807, 2.05) is 12.1 Å². The van der Waals surface area contributed by atoms with E-state index in [2.05, 4.69) is 33.4 Å². The van der Waals surface area contributed by atoms with Gasteiger partial charge in [-0.2, -0.15) is 0 Å². The van der Waals surface area contributed by atoms with Crippen molar-refractivity contribution in [3.8, 4) is 5.75 Å². The van der Waals surface area contributed by atoms with Gasteiger partial charge in [-0.05, 0) is 52.3 Å². The Kier molecular flexibility index (Phi) is 4.24. The molecule has 1 amide bonds. The highest BCUT2D eigenvalue weighted by Gasteiger charge is 2.06. The molecule has 0 bridgehead atoms. The van der Waals surface area contributed by atoms with Gasteiger partial charge in [0.05, 0.1) is 14.4 Å². The van der Waals surface area contributed by atoms with Crippen LogP contribution >= 0.6 is 27.3 Å². The summed E-state index contributed by atoms with van der Waals surface area (Å²) in [5.41, 5.74) is 6.37. The molecule has 1 heterocycles. The molecule has 6 heteroatoms. The maximum absolute atomic E-state index is 11.8. The van der Waals surface area contributed by atoms with Gasteiger partial charge >= 0.3 is 0 Å². The molecule has 3 N–H and O–H groups in total. The summed E-state index contributed by atoms with van der Waals surface area (Å²) in [6, 6.07) is 9.80. The van der Waals surface area contributed by atoms with Crippen molar-refractivity contribution >= 4 is 38.9 Å². The van der Waals surface area contributed by atoms with Crippen molar-refractivity contribution in [1.82, 2.24) is 10.9 Å². The highest BCUT2D eigenvalue weighted by atomic mass is 79.9. The van der Waals surface area contributed by atoms with Gasteiger partial charge in [0.2, 0.25) is 0 Å². The number of rotatable bonds is 4. The first-order valence-electron chi connectivity index (χ1n) is 5.36. The maximum atomic E-state index is 11.8. The third-order valence-corrected chi connectivity index (χ3v) is 4.01. The number of hydrazine groups is 1. The summed E-state index contributed by atoms with van der Waals surface area (Å²) in [4.78, 5) is 12.7. The van der Waals surface area contributed by atoms with Crippen molar-refractivity contribution in [1.29, 1.82) is 0 Å². The van der Waals surface area contributed by atoms with Crippen LogP contribution in [0.25, 0.3) is 5.70 Å². The molecule has 0 radical (unpaired) electrons. The van der Waals surface area contributed by atoms with Gasteiger partial charge in [0, 0.05) is 5.56 Å². The van der Waals surface area contributed by atoms with Crippen molar-refractivity contribution in [3.63, 3.8) is 0 Å². The quantitative estimate of drug-likeness (QED) is 0.750. The van der Waals surface area contributed by atoms with E-state index in [0.717, 1.165) is 8.66 Å². The zero-order chi connectivity index (χ0) is 13.8. The third kappa shape index (κ3) is 3.59. The largest absolute Gasteiger partial charge is 0.508 e. The molecule has 0 unspecified atom stereocenters. The average Bonchev–Trinajstić information content (AvgIpc) is 2.83. The number of carbonyl (C=O) groups is 1. The second-order valence-corrected chi connectivity index (χ2v) is 6.17. The molecule has 2 rings (SSSR count). The lowest BCUT2D eigenvalue weighted by Gasteiger charge is -2.09. The Morgan fingerprint density at radius 2 is 1.84 bits per heavy atom. The van der Waals surface area contributed by atoms with E-state index in [0.29, 0.717) is 11.3 Å². The number of halogens is 1. The second kappa shape index (κ2) is 5.90. The van der Waals surface area contributed by atoms with Gasteiger partial charge in [-0.3, -0.25) is 15.6 Å². The van der Waals surface area contributed by atoms with Gasteiger partial charge in [0.25, 0.3) is 5.91 Å². The zero-order valence-electron chi connectivity index (χ0n) is 9.81. The van der Waals surface area contributed by atoms with Gasteiger partial charge < -0.3 is 5.11 Å². The van der Waals surface area contributed by atoms with Crippen molar-refractivity contribution < 1.29 is 9.90 Å². The Hall–Kier alpha value is -1.79. The maximum Gasteiger partial charge on any atom is 0.269 e. The molecular weight excluding hydrogens is 328 g/mol. The minimum atomic E-state index is -0.295. The van der Waals surface area contributed by atoms with E-state index in [1.165, 1.54) is 35.6 Å². The van der Waals surface area contributed by atoms with Crippen LogP contribution in [0.5, 0.6) is 5.75 Å². The molecule has 98 valence electrons. The van der Waals surface area contributed by atoms with Crippen molar-refractivity contribution in [3.05, 3.63) is 57.2 Å². The number of hydrogen-bond donors (Lipinski definition) is 3. The molecule has 0 fully saturated rings. The predicted octanol–water partition coefficient (Wildman–Crippen LogP) is 3.12. The number of hydrogen-bond acceptors (Lipinski definition) is 4. The smallest absolute Gasteiger partial charge is 0.269 e. The van der Waals surface area contributed by atoms with Crippen molar-refractivity contribution in [2.45, 2.75) is 0 Å². The predicted molar refractivity (Wildman–Crippen MR) is 79.8 cm³/mol. The Labute approximate surface area is 122 Å². The highest BCUT2D eigenvalue weighted by Crippen LogP contribution is 2.25. The number of aromatic hydroxyl groups is 1. The van der Waals surface area contributed by atoms with Crippen LogP contribution in [0, 0.1) is 0 Å². The summed E-state index contributed by atoms with van der Waals surface area (Å²) in [6.45, 7) is 3.84. The minimum Gasteiger partial charge on any atom is -0.508 e. The summed E-state index contributed by atoms with van der Waals surface area (Å²) in [7, 11) is 0. The first-order valence-corrected chi connectivity index (χ1v) is 6.97. The molecule has 0 spiro atoms. The van der Waals surface area contributed by atoms with Crippen LogP contribution in [-0.2, 0) is 0 Å². The number of carbonyl (C=O) groups excluding carboxylic acids is 1. The van der Waals surface area contributed by atoms with Gasteiger partial charge in [0.1, 0.15) is 5.75 Å². The van der Waals surface area contributed by atoms with Crippen LogP contribution in [0.3, 0.4) is 0 Å². The van der Waals surface area contributed by atoms with Crippen LogP contribution in [0.1, 0.15) is 15.2 Å². The molecule has 0 saturated carbocycles. The molecule has 0 atom stereocenters. The van der Waals surface area contributed by atoms with E-state index in [4.69, 9.17) is 5.11 Å². The molecule has 0 aliphatic heterocycles. The van der Waals surface area contributed by atoms with Crippen LogP contribution in [0.15, 0.2) is 46.8 Å². The molecule has 0 saturated heterocycles. The Morgan fingerprint density at radius 1 is 1.16 bits per heavy atom. The number of phenols is 1. The lowest BCUT2D eigenvalue weighted by atomic mass is 10.2. The van der Waals surface area contributed by atoms with E-state index >= 15 is 0 Å². The molecule has 1 aromatic carbocycles. The Morgan fingerprint density at radius 3 is 2.42 bits per heavy atom. The van der Waals surface area contributed by atoms with Gasteiger partial charge in [-0.25, -0.2) is 0 Å². The topological polar surface area (TPSA) is 61.4 Å². The van der Waals surface area contributed by atoms with Crippen LogP contribution in [-0.4, -0.2) is 11.0 Å². The standard InChI is InChI=1S/C13H11BrN2O2S/c1-8(11-6-7-12(14)19-11)15-16-13(18)9-2-4-10(17)5-3-9/h2-7,15,17H,1H2,(H,16,18). The normalized spacial score (nSPS) is 9.95. The summed E-state index contributed by atoms with van der Waals surface area (Å²) < 4.78 is 0.996. The summed E-state index contributed by atoms with van der Waals surface area (Å²) in [6.07, 6.45) is 0. The second-order valence-electron chi connectivity index (χ2n) is 3.71. The lowest BCUT2D eigenvalue weighted by Crippen LogP contribution is -2.35. The molecule has 2 aromatic rings. The fourth-order valence-corrected chi connectivity index (χ4v) is 2.67. The fraction of sp³-hybridized carbons (Fsp3) is 0. The molecular formula is C13H11BrN2O2S. The van der Waals surface area contributed by atoms with E-state index in [-0.39, 0.29) is 11.7 Å². The molecule has 0 aliphatic rings. The number of phenolic OH excluding ortho intramolecular Hbond substituents is 1. The zero-order valence-corrected chi connectivity index (χ0v) is 12.2. The highest BCUT2D eigenvalue weighted by molar-refractivity contribution is 9.11. The number of nitrogens with one attached hydrogen (secondary N) is 2. The summed E-state index contributed by atoms with van der Waals surface area (Å²) >= 11 is 4.88. The minimum absolute atomic E-state index is 0.123. The Balaban J connectivity index is 1.93. The molecule has 0 aliphatic carbocycles. The lowest BCUT2D eigenvalue weighted by molar-refractivity contribution is 0.0942. The Bertz CT molecular complexity index is 607. The molecule has 19 heavy (non-hydrogen) atoms. The average molecular weight is 339 g/mol. The third-order valence-electron chi connectivity index (χ3n) is 2.33. The molecule has 1 aromatic heterocycles. The van der Waals surface area contributed by atoms with E-state index < -0.39 is 0 Å². The first-order chi connectivity index (χ1) is 9.06. The SMILES string of the molecule is C=C(NNC(=O)c1ccc(O)cc1)c1ccc(Br)s1. The van der Waals surface area contributed by atoms with Gasteiger partial charge in [-0.1, -0.05) is 6.58 Å². The van der Waals surface area contributed by atoms with E-state index in [1.54, 1.807) is 0 Å².